The van der Waals surface area contributed by atoms with Gasteiger partial charge < -0.3 is 10.4 Å². The maximum absolute atomic E-state index is 13.4. The van der Waals surface area contributed by atoms with Crippen molar-refractivity contribution in [2.45, 2.75) is 26.8 Å². The number of aryl methyl sites for hydroxylation is 3. The Balaban J connectivity index is 2.28. The maximum Gasteiger partial charge on any atom is 0.125 e. The summed E-state index contributed by atoms with van der Waals surface area (Å²) in [6, 6.07) is 10.7. The predicted octanol–water partition coefficient (Wildman–Crippen LogP) is 3.90. The van der Waals surface area contributed by atoms with Crippen LogP contribution in [0, 0.1) is 26.6 Å². The number of hydrogen-bond donors (Lipinski definition) is 2. The molecule has 0 amide bonds. The van der Waals surface area contributed by atoms with Crippen LogP contribution in [0.1, 0.15) is 28.3 Å². The Morgan fingerprint density at radius 2 is 1.80 bits per heavy atom. The Labute approximate surface area is 119 Å². The van der Waals surface area contributed by atoms with Gasteiger partial charge in [0.2, 0.25) is 0 Å². The van der Waals surface area contributed by atoms with Gasteiger partial charge in [-0.05, 0) is 55.7 Å². The zero-order valence-corrected chi connectivity index (χ0v) is 12.1. The molecule has 0 aromatic heterocycles. The third-order valence-corrected chi connectivity index (χ3v) is 3.37. The number of benzene rings is 2. The fourth-order valence-electron chi connectivity index (χ4n) is 2.46. The predicted molar refractivity (Wildman–Crippen MR) is 80.5 cm³/mol. The molecule has 2 N–H and O–H groups in total. The van der Waals surface area contributed by atoms with E-state index in [0.717, 1.165) is 16.7 Å². The van der Waals surface area contributed by atoms with Gasteiger partial charge >= 0.3 is 0 Å². The van der Waals surface area contributed by atoms with Crippen LogP contribution in [0.25, 0.3) is 0 Å². The molecule has 0 saturated heterocycles. The van der Waals surface area contributed by atoms with E-state index in [4.69, 9.17) is 0 Å². The molecule has 2 aromatic rings. The molecule has 0 bridgehead atoms. The van der Waals surface area contributed by atoms with Crippen LogP contribution in [-0.4, -0.2) is 11.7 Å². The van der Waals surface area contributed by atoms with Gasteiger partial charge in [0.1, 0.15) is 5.82 Å². The molecule has 2 aromatic carbocycles. The lowest BCUT2D eigenvalue weighted by Gasteiger charge is -2.20. The number of aliphatic hydroxyl groups is 1. The van der Waals surface area contributed by atoms with Crippen molar-refractivity contribution < 1.29 is 9.50 Å². The molecule has 0 spiro atoms. The van der Waals surface area contributed by atoms with Crippen molar-refractivity contribution in [2.24, 2.45) is 0 Å². The molecule has 0 aliphatic rings. The molecule has 0 aliphatic carbocycles. The lowest BCUT2D eigenvalue weighted by molar-refractivity contribution is 0.276. The van der Waals surface area contributed by atoms with E-state index in [1.54, 1.807) is 0 Å². The summed E-state index contributed by atoms with van der Waals surface area (Å²) < 4.78 is 13.4. The van der Waals surface area contributed by atoms with Gasteiger partial charge in [0.25, 0.3) is 0 Å². The Morgan fingerprint density at radius 1 is 1.05 bits per heavy atom. The van der Waals surface area contributed by atoms with Gasteiger partial charge in [0.05, 0.1) is 12.6 Å². The highest BCUT2D eigenvalue weighted by molar-refractivity contribution is 5.49. The third-order valence-electron chi connectivity index (χ3n) is 3.37. The van der Waals surface area contributed by atoms with Crippen molar-refractivity contribution in [1.82, 2.24) is 0 Å². The molecule has 106 valence electrons. The van der Waals surface area contributed by atoms with Crippen LogP contribution in [0.4, 0.5) is 10.1 Å². The van der Waals surface area contributed by atoms with Crippen LogP contribution in [0.2, 0.25) is 0 Å². The van der Waals surface area contributed by atoms with E-state index < -0.39 is 0 Å². The number of hydrogen-bond acceptors (Lipinski definition) is 2. The summed E-state index contributed by atoms with van der Waals surface area (Å²) in [6.45, 7) is 5.86. The molecule has 1 unspecified atom stereocenters. The average Bonchev–Trinajstić information content (AvgIpc) is 2.35. The van der Waals surface area contributed by atoms with E-state index in [1.165, 1.54) is 17.7 Å². The molecule has 0 aliphatic heterocycles. The fourth-order valence-corrected chi connectivity index (χ4v) is 2.46. The van der Waals surface area contributed by atoms with E-state index in [9.17, 15) is 9.50 Å². The molecule has 1 atom stereocenters. The van der Waals surface area contributed by atoms with E-state index in [2.05, 4.69) is 11.4 Å². The summed E-state index contributed by atoms with van der Waals surface area (Å²) in [7, 11) is 0. The Kier molecular flexibility index (Phi) is 4.40. The standard InChI is InChI=1S/C17H20FNO/c1-11-4-5-16(13(3)6-11)17(10-20)19-15-8-12(2)7-14(18)9-15/h4-9,17,19-20H,10H2,1-3H3. The van der Waals surface area contributed by atoms with Crippen LogP contribution in [0.15, 0.2) is 36.4 Å². The first-order valence-electron chi connectivity index (χ1n) is 6.71. The Hall–Kier alpha value is -1.87. The molecule has 2 nitrogen and oxygen atoms in total. The highest BCUT2D eigenvalue weighted by atomic mass is 19.1. The minimum Gasteiger partial charge on any atom is -0.394 e. The van der Waals surface area contributed by atoms with Crippen molar-refractivity contribution in [3.63, 3.8) is 0 Å². The molecule has 0 saturated carbocycles. The van der Waals surface area contributed by atoms with Crippen molar-refractivity contribution in [3.05, 3.63) is 64.5 Å². The number of nitrogens with one attached hydrogen (secondary N) is 1. The van der Waals surface area contributed by atoms with Crippen molar-refractivity contribution in [1.29, 1.82) is 0 Å². The average molecular weight is 273 g/mol. The normalized spacial score (nSPS) is 12.2. The summed E-state index contributed by atoms with van der Waals surface area (Å²) in [4.78, 5) is 0. The topological polar surface area (TPSA) is 32.3 Å². The fraction of sp³-hybridized carbons (Fsp3) is 0.294. The molecular formula is C17H20FNO. The molecule has 3 heteroatoms. The third kappa shape index (κ3) is 3.36. The molecule has 0 heterocycles. The summed E-state index contributed by atoms with van der Waals surface area (Å²) in [5.74, 6) is -0.273. The van der Waals surface area contributed by atoms with Gasteiger partial charge in [-0.1, -0.05) is 23.8 Å². The van der Waals surface area contributed by atoms with E-state index in [-0.39, 0.29) is 18.5 Å². The van der Waals surface area contributed by atoms with Gasteiger partial charge in [-0.2, -0.15) is 0 Å². The van der Waals surface area contributed by atoms with Crippen molar-refractivity contribution in [3.8, 4) is 0 Å². The zero-order chi connectivity index (χ0) is 14.7. The van der Waals surface area contributed by atoms with Crippen LogP contribution in [0.5, 0.6) is 0 Å². The zero-order valence-electron chi connectivity index (χ0n) is 12.1. The van der Waals surface area contributed by atoms with Crippen LogP contribution < -0.4 is 5.32 Å². The lowest BCUT2D eigenvalue weighted by atomic mass is 9.99. The second-order valence-corrected chi connectivity index (χ2v) is 5.26. The monoisotopic (exact) mass is 273 g/mol. The second-order valence-electron chi connectivity index (χ2n) is 5.26. The largest absolute Gasteiger partial charge is 0.394 e. The lowest BCUT2D eigenvalue weighted by Crippen LogP contribution is -2.16. The van der Waals surface area contributed by atoms with Crippen molar-refractivity contribution in [2.75, 3.05) is 11.9 Å². The summed E-state index contributed by atoms with van der Waals surface area (Å²) in [6.07, 6.45) is 0. The summed E-state index contributed by atoms with van der Waals surface area (Å²) >= 11 is 0. The van der Waals surface area contributed by atoms with Gasteiger partial charge in [0, 0.05) is 5.69 Å². The first-order chi connectivity index (χ1) is 9.49. The number of rotatable bonds is 4. The smallest absolute Gasteiger partial charge is 0.125 e. The maximum atomic E-state index is 13.4. The SMILES string of the molecule is Cc1cc(F)cc(NC(CO)c2ccc(C)cc2C)c1. The highest BCUT2D eigenvalue weighted by Gasteiger charge is 2.13. The molecule has 0 radical (unpaired) electrons. The van der Waals surface area contributed by atoms with E-state index in [0.29, 0.717) is 5.69 Å². The van der Waals surface area contributed by atoms with Crippen LogP contribution >= 0.6 is 0 Å². The number of anilines is 1. The Bertz CT molecular complexity index is 590. The summed E-state index contributed by atoms with van der Waals surface area (Å²) in [5.41, 5.74) is 4.86. The molecule has 20 heavy (non-hydrogen) atoms. The number of aliphatic hydroxyl groups excluding tert-OH is 1. The van der Waals surface area contributed by atoms with Crippen LogP contribution in [0.3, 0.4) is 0 Å². The summed E-state index contributed by atoms with van der Waals surface area (Å²) in [5, 5.41) is 12.8. The second kappa shape index (κ2) is 6.06. The minimum atomic E-state index is -0.273. The van der Waals surface area contributed by atoms with Crippen molar-refractivity contribution >= 4 is 5.69 Å². The first-order valence-corrected chi connectivity index (χ1v) is 6.71. The molecule has 0 fully saturated rings. The molecule has 2 rings (SSSR count). The van der Waals surface area contributed by atoms with Gasteiger partial charge in [0.15, 0.2) is 0 Å². The molecular weight excluding hydrogens is 253 g/mol. The minimum absolute atomic E-state index is 0.0422. The number of halogens is 1. The van der Waals surface area contributed by atoms with Gasteiger partial charge in [-0.3, -0.25) is 0 Å². The van der Waals surface area contributed by atoms with E-state index >= 15 is 0 Å². The van der Waals surface area contributed by atoms with Crippen LogP contribution in [-0.2, 0) is 0 Å². The Morgan fingerprint density at radius 3 is 2.40 bits per heavy atom. The highest BCUT2D eigenvalue weighted by Crippen LogP contribution is 2.24. The first kappa shape index (κ1) is 14.5. The van der Waals surface area contributed by atoms with E-state index in [1.807, 2.05) is 39.0 Å². The van der Waals surface area contributed by atoms with Gasteiger partial charge in [-0.25, -0.2) is 4.39 Å². The van der Waals surface area contributed by atoms with Gasteiger partial charge in [-0.15, -0.1) is 0 Å². The quantitative estimate of drug-likeness (QED) is 0.885.